The Kier molecular flexibility index (Phi) is 6.44. The smallest absolute Gasteiger partial charge is 0.328 e. The van der Waals surface area contributed by atoms with E-state index in [4.69, 9.17) is 4.74 Å². The van der Waals surface area contributed by atoms with Crippen LogP contribution < -0.4 is 10.6 Å². The Morgan fingerprint density at radius 2 is 1.71 bits per heavy atom. The highest BCUT2D eigenvalue weighted by Crippen LogP contribution is 2.22. The molecule has 0 spiro atoms. The Balaban J connectivity index is 1.83. The summed E-state index contributed by atoms with van der Waals surface area (Å²) in [6.07, 6.45) is 2.09. The van der Waals surface area contributed by atoms with Crippen LogP contribution in [0.4, 0.5) is 5.69 Å². The molecule has 31 heavy (non-hydrogen) atoms. The number of carbonyl (C=O) groups is 3. The van der Waals surface area contributed by atoms with Crippen molar-refractivity contribution in [2.75, 3.05) is 12.4 Å². The number of hydrogen-bond donors (Lipinski definition) is 3. The second-order valence-electron chi connectivity index (χ2n) is 8.36. The van der Waals surface area contributed by atoms with Crippen LogP contribution in [-0.2, 0) is 20.7 Å². The molecule has 2 aromatic carbocycles. The molecule has 0 bridgehead atoms. The quantitative estimate of drug-likeness (QED) is 0.529. The van der Waals surface area contributed by atoms with Gasteiger partial charge in [0.15, 0.2) is 0 Å². The largest absolute Gasteiger partial charge is 0.467 e. The topological polar surface area (TPSA) is 100 Å². The summed E-state index contributed by atoms with van der Waals surface area (Å²) in [5, 5.41) is 6.53. The average molecular weight is 421 g/mol. The number of aromatic amines is 1. The van der Waals surface area contributed by atoms with Gasteiger partial charge in [-0.2, -0.15) is 0 Å². The third-order valence-corrected chi connectivity index (χ3v) is 4.99. The summed E-state index contributed by atoms with van der Waals surface area (Å²) in [6.45, 7) is 5.37. The fourth-order valence-corrected chi connectivity index (χ4v) is 3.19. The number of carbonyl (C=O) groups excluding carboxylic acids is 3. The lowest BCUT2D eigenvalue weighted by molar-refractivity contribution is -0.142. The van der Waals surface area contributed by atoms with Crippen LogP contribution in [0.1, 0.15) is 36.7 Å². The number of benzene rings is 2. The molecule has 2 amide bonds. The molecule has 0 aliphatic heterocycles. The van der Waals surface area contributed by atoms with Crippen molar-refractivity contribution in [3.8, 4) is 0 Å². The zero-order chi connectivity index (χ0) is 22.6. The predicted octanol–water partition coefficient (Wildman–Crippen LogP) is 3.67. The molecule has 0 radical (unpaired) electrons. The zero-order valence-electron chi connectivity index (χ0n) is 18.1. The molecule has 1 heterocycles. The van der Waals surface area contributed by atoms with Crippen molar-refractivity contribution in [2.24, 2.45) is 5.41 Å². The van der Waals surface area contributed by atoms with Crippen molar-refractivity contribution in [3.05, 3.63) is 65.9 Å². The van der Waals surface area contributed by atoms with E-state index < -0.39 is 23.3 Å². The van der Waals surface area contributed by atoms with Crippen LogP contribution in [0.3, 0.4) is 0 Å². The van der Waals surface area contributed by atoms with Crippen LogP contribution in [0, 0.1) is 5.41 Å². The Bertz CT molecular complexity index is 1110. The molecule has 3 aromatic rings. The van der Waals surface area contributed by atoms with Crippen LogP contribution in [0.15, 0.2) is 54.7 Å². The number of para-hydroxylation sites is 2. The number of methoxy groups -OCH3 is 1. The number of ether oxygens (including phenoxy) is 1. The van der Waals surface area contributed by atoms with E-state index in [2.05, 4.69) is 15.6 Å². The summed E-state index contributed by atoms with van der Waals surface area (Å²) in [6, 6.07) is 13.5. The molecule has 1 aromatic heterocycles. The Labute approximate surface area is 181 Å². The minimum atomic E-state index is -0.886. The number of amides is 2. The van der Waals surface area contributed by atoms with Gasteiger partial charge in [-0.1, -0.05) is 51.1 Å². The molecular weight excluding hydrogens is 394 g/mol. The number of aromatic nitrogens is 1. The van der Waals surface area contributed by atoms with Crippen molar-refractivity contribution in [1.29, 1.82) is 0 Å². The third-order valence-electron chi connectivity index (χ3n) is 4.99. The molecule has 1 atom stereocenters. The highest BCUT2D eigenvalue weighted by molar-refractivity contribution is 6.05. The lowest BCUT2D eigenvalue weighted by atomic mass is 9.95. The number of esters is 1. The van der Waals surface area contributed by atoms with Gasteiger partial charge in [-0.05, 0) is 23.8 Å². The van der Waals surface area contributed by atoms with Gasteiger partial charge in [0.1, 0.15) is 6.04 Å². The van der Waals surface area contributed by atoms with E-state index in [-0.39, 0.29) is 17.9 Å². The fourth-order valence-electron chi connectivity index (χ4n) is 3.19. The molecule has 3 rings (SSSR count). The van der Waals surface area contributed by atoms with Crippen LogP contribution in [0.2, 0.25) is 0 Å². The maximum absolute atomic E-state index is 13.0. The van der Waals surface area contributed by atoms with Gasteiger partial charge in [-0.25, -0.2) is 4.79 Å². The molecule has 0 saturated carbocycles. The maximum Gasteiger partial charge on any atom is 0.328 e. The summed E-state index contributed by atoms with van der Waals surface area (Å²) < 4.78 is 4.92. The van der Waals surface area contributed by atoms with Crippen LogP contribution in [0.25, 0.3) is 10.9 Å². The van der Waals surface area contributed by atoms with E-state index in [1.54, 1.807) is 45.0 Å². The normalized spacial score (nSPS) is 12.3. The van der Waals surface area contributed by atoms with Gasteiger partial charge in [0.25, 0.3) is 5.91 Å². The van der Waals surface area contributed by atoms with E-state index in [1.807, 2.05) is 30.5 Å². The van der Waals surface area contributed by atoms with Crippen molar-refractivity contribution in [3.63, 3.8) is 0 Å². The van der Waals surface area contributed by atoms with Crippen LogP contribution in [-0.4, -0.2) is 35.9 Å². The number of nitrogens with one attached hydrogen (secondary N) is 3. The first-order chi connectivity index (χ1) is 14.7. The minimum Gasteiger partial charge on any atom is -0.467 e. The van der Waals surface area contributed by atoms with E-state index in [0.717, 1.165) is 16.5 Å². The Hall–Kier alpha value is -3.61. The van der Waals surface area contributed by atoms with Gasteiger partial charge in [-0.15, -0.1) is 0 Å². The molecule has 0 aliphatic rings. The zero-order valence-corrected chi connectivity index (χ0v) is 18.1. The monoisotopic (exact) mass is 421 g/mol. The number of anilines is 1. The molecule has 0 unspecified atom stereocenters. The van der Waals surface area contributed by atoms with Crippen LogP contribution >= 0.6 is 0 Å². The number of fused-ring (bicyclic) bond motifs is 1. The lowest BCUT2D eigenvalue weighted by Crippen LogP contribution is -2.43. The number of rotatable bonds is 6. The fraction of sp³-hybridized carbons (Fsp3) is 0.292. The Morgan fingerprint density at radius 3 is 2.42 bits per heavy atom. The summed E-state index contributed by atoms with van der Waals surface area (Å²) >= 11 is 0. The van der Waals surface area contributed by atoms with E-state index in [9.17, 15) is 14.4 Å². The third kappa shape index (κ3) is 5.12. The number of hydrogen-bond acceptors (Lipinski definition) is 4. The Morgan fingerprint density at radius 1 is 1.03 bits per heavy atom. The highest BCUT2D eigenvalue weighted by Gasteiger charge is 2.26. The molecule has 0 fully saturated rings. The SMILES string of the molecule is COC(=O)[C@H](Cc1c[nH]c2ccccc12)NC(=O)c1ccccc1NC(=O)C(C)(C)C. The highest BCUT2D eigenvalue weighted by atomic mass is 16.5. The van der Waals surface area contributed by atoms with Crippen molar-refractivity contribution < 1.29 is 19.1 Å². The summed E-state index contributed by atoms with van der Waals surface area (Å²) in [5.74, 6) is -1.23. The first-order valence-corrected chi connectivity index (χ1v) is 10.0. The average Bonchev–Trinajstić information content (AvgIpc) is 3.15. The van der Waals surface area contributed by atoms with E-state index in [0.29, 0.717) is 5.69 Å². The second kappa shape index (κ2) is 9.04. The lowest BCUT2D eigenvalue weighted by Gasteiger charge is -2.20. The van der Waals surface area contributed by atoms with Gasteiger partial charge in [0.2, 0.25) is 5.91 Å². The van der Waals surface area contributed by atoms with E-state index in [1.165, 1.54) is 7.11 Å². The van der Waals surface area contributed by atoms with Gasteiger partial charge in [0.05, 0.1) is 18.4 Å². The van der Waals surface area contributed by atoms with Crippen molar-refractivity contribution in [1.82, 2.24) is 10.3 Å². The van der Waals surface area contributed by atoms with Gasteiger partial charge in [0, 0.05) is 28.9 Å². The molecule has 0 saturated heterocycles. The van der Waals surface area contributed by atoms with Crippen molar-refractivity contribution in [2.45, 2.75) is 33.2 Å². The minimum absolute atomic E-state index is 0.212. The molecule has 3 N–H and O–H groups in total. The number of H-pyrrole nitrogens is 1. The predicted molar refractivity (Wildman–Crippen MR) is 120 cm³/mol. The summed E-state index contributed by atoms with van der Waals surface area (Å²) in [5.41, 5.74) is 1.87. The van der Waals surface area contributed by atoms with Crippen LogP contribution in [0.5, 0.6) is 0 Å². The molecular formula is C24H27N3O4. The first kappa shape index (κ1) is 22.1. The standard InChI is InChI=1S/C24H27N3O4/c1-24(2,3)23(30)27-19-12-8-6-10-17(19)21(28)26-20(22(29)31-4)13-15-14-25-18-11-7-5-9-16(15)18/h5-12,14,20,25H,13H2,1-4H3,(H,26,28)(H,27,30)/t20-/m0/s1. The summed E-state index contributed by atoms with van der Waals surface area (Å²) in [4.78, 5) is 41.0. The molecule has 0 aliphatic carbocycles. The van der Waals surface area contributed by atoms with Gasteiger partial charge >= 0.3 is 5.97 Å². The van der Waals surface area contributed by atoms with Crippen molar-refractivity contribution >= 4 is 34.4 Å². The molecule has 7 heteroatoms. The first-order valence-electron chi connectivity index (χ1n) is 10.0. The molecule has 7 nitrogen and oxygen atoms in total. The van der Waals surface area contributed by atoms with Gasteiger partial charge in [-0.3, -0.25) is 9.59 Å². The van der Waals surface area contributed by atoms with Gasteiger partial charge < -0.3 is 20.4 Å². The van der Waals surface area contributed by atoms with E-state index >= 15 is 0 Å². The molecule has 162 valence electrons. The summed E-state index contributed by atoms with van der Waals surface area (Å²) in [7, 11) is 1.29. The maximum atomic E-state index is 13.0. The second-order valence-corrected chi connectivity index (χ2v) is 8.36.